The van der Waals surface area contributed by atoms with Gasteiger partial charge in [-0.2, -0.15) is 5.26 Å². The molecule has 0 amide bonds. The Kier molecular flexibility index (Phi) is 14.1. The summed E-state index contributed by atoms with van der Waals surface area (Å²) in [4.78, 5) is 17.6. The number of thioether (sulfide) groups is 2. The predicted octanol–water partition coefficient (Wildman–Crippen LogP) is 5.34. The number of nitrogens with zero attached hydrogens (tertiary/aromatic N) is 8. The van der Waals surface area contributed by atoms with Crippen LogP contribution in [0, 0.1) is 11.3 Å². The Morgan fingerprint density at radius 1 is 0.833 bits per heavy atom. The summed E-state index contributed by atoms with van der Waals surface area (Å²) in [6.45, 7) is 12.9. The number of anilines is 2. The minimum absolute atomic E-state index is 0.219. The monoisotopic (exact) mass is 824 g/mol. The second-order valence-electron chi connectivity index (χ2n) is 13.5. The fourth-order valence-corrected chi connectivity index (χ4v) is 8.00. The number of nitriles is 1. The highest BCUT2D eigenvalue weighted by Gasteiger charge is 2.51. The molecule has 8 atom stereocenters. The van der Waals surface area contributed by atoms with Crippen molar-refractivity contribution in [1.29, 1.82) is 5.26 Å². The maximum atomic E-state index is 10.2. The summed E-state index contributed by atoms with van der Waals surface area (Å²) in [6, 6.07) is 1.18. The molecule has 20 heteroatoms. The van der Waals surface area contributed by atoms with E-state index in [1.807, 2.05) is 39.8 Å². The molecule has 5 N–H and O–H groups in total. The zero-order chi connectivity index (χ0) is 39.4. The number of nitrogens with two attached hydrogens (primary N) is 1. The lowest BCUT2D eigenvalue weighted by atomic mass is 9.94. The summed E-state index contributed by atoms with van der Waals surface area (Å²) in [5.41, 5.74) is 7.32. The Hall–Kier alpha value is -2.83. The Labute approximate surface area is 332 Å². The van der Waals surface area contributed by atoms with E-state index in [9.17, 15) is 10.2 Å². The van der Waals surface area contributed by atoms with Crippen LogP contribution in [0.25, 0.3) is 11.2 Å². The quantitative estimate of drug-likeness (QED) is 0.0925. The number of aliphatic hydroxyl groups excluding tert-OH is 2. The largest absolute Gasteiger partial charge is 0.393 e. The van der Waals surface area contributed by atoms with Gasteiger partial charge in [0.1, 0.15) is 48.4 Å². The maximum absolute atomic E-state index is 10.2. The summed E-state index contributed by atoms with van der Waals surface area (Å²) in [5, 5.41) is 41.0. The summed E-state index contributed by atoms with van der Waals surface area (Å²) < 4.78 is 25.3. The molecule has 0 spiro atoms. The van der Waals surface area contributed by atoms with Crippen molar-refractivity contribution in [3.05, 3.63) is 34.6 Å². The van der Waals surface area contributed by atoms with Crippen LogP contribution in [0.2, 0.25) is 10.3 Å². The lowest BCUT2D eigenvalue weighted by Gasteiger charge is -2.31. The van der Waals surface area contributed by atoms with Crippen LogP contribution in [0.4, 0.5) is 11.5 Å². The first-order chi connectivity index (χ1) is 25.6. The second kappa shape index (κ2) is 18.0. The predicted molar refractivity (Wildman–Crippen MR) is 207 cm³/mol. The molecule has 2 aliphatic carbocycles. The summed E-state index contributed by atoms with van der Waals surface area (Å²) in [7, 11) is 0. The molecule has 294 valence electrons. The normalized spacial score (nSPS) is 28.6. The van der Waals surface area contributed by atoms with Gasteiger partial charge in [0.2, 0.25) is 0 Å². The van der Waals surface area contributed by atoms with Crippen molar-refractivity contribution < 1.29 is 29.2 Å². The molecule has 7 rings (SSSR count). The van der Waals surface area contributed by atoms with Crippen LogP contribution >= 0.6 is 46.7 Å². The van der Waals surface area contributed by atoms with Crippen molar-refractivity contribution >= 4 is 69.4 Å². The van der Waals surface area contributed by atoms with E-state index in [-0.39, 0.29) is 34.2 Å². The molecule has 2 fully saturated rings. The van der Waals surface area contributed by atoms with Gasteiger partial charge in [0, 0.05) is 18.4 Å². The van der Waals surface area contributed by atoms with Gasteiger partial charge >= 0.3 is 0 Å². The SMILES string of the molecule is CC#N.CCCSc1nc(Cl)c(N)c(N[C@@H]2C=C[C@H](O)[C@H]3OC(C)(C)O[C@H]32)n1.CCCSc1nc(Cl)c2nnn([C@@H]3C=C[C@H](O)[C@H]4OC(C)(C)O[C@H]43)c2n1. The van der Waals surface area contributed by atoms with Crippen LogP contribution in [0.1, 0.15) is 67.3 Å². The van der Waals surface area contributed by atoms with E-state index in [0.29, 0.717) is 27.3 Å². The van der Waals surface area contributed by atoms with Gasteiger partial charge in [-0.05, 0) is 40.5 Å². The van der Waals surface area contributed by atoms with E-state index >= 15 is 0 Å². The Balaban J connectivity index is 0.000000194. The number of nitrogen functional groups attached to an aromatic ring is 1. The molecule has 0 unspecified atom stereocenters. The van der Waals surface area contributed by atoms with Gasteiger partial charge in [0.25, 0.3) is 0 Å². The molecule has 0 aromatic carbocycles. The first-order valence-corrected chi connectivity index (χ1v) is 20.2. The highest BCUT2D eigenvalue weighted by Crippen LogP contribution is 2.40. The molecule has 54 heavy (non-hydrogen) atoms. The van der Waals surface area contributed by atoms with Crippen molar-refractivity contribution in [1.82, 2.24) is 34.9 Å². The molecule has 3 aromatic heterocycles. The number of fused-ring (bicyclic) bond motifs is 3. The van der Waals surface area contributed by atoms with Gasteiger partial charge in [0.15, 0.2) is 49.2 Å². The molecule has 16 nitrogen and oxygen atoms in total. The lowest BCUT2D eigenvalue weighted by molar-refractivity contribution is -0.153. The van der Waals surface area contributed by atoms with Crippen LogP contribution in [0.3, 0.4) is 0 Å². The zero-order valence-corrected chi connectivity index (χ0v) is 34.2. The highest BCUT2D eigenvalue weighted by atomic mass is 35.5. The Morgan fingerprint density at radius 3 is 1.96 bits per heavy atom. The number of rotatable bonds is 9. The topological polar surface area (TPSA) is 221 Å². The molecule has 4 aliphatic rings. The van der Waals surface area contributed by atoms with Crippen molar-refractivity contribution in [3.8, 4) is 6.07 Å². The Morgan fingerprint density at radius 2 is 1.35 bits per heavy atom. The summed E-state index contributed by atoms with van der Waals surface area (Å²) in [5.74, 6) is 0.696. The molecular weight excluding hydrogens is 779 g/mol. The number of aliphatic hydroxyl groups is 2. The van der Waals surface area contributed by atoms with Crippen LogP contribution in [-0.4, -0.2) is 111 Å². The molecule has 5 heterocycles. The summed E-state index contributed by atoms with van der Waals surface area (Å²) in [6.07, 6.45) is 5.93. The minimum Gasteiger partial charge on any atom is -0.393 e. The third-order valence-electron chi connectivity index (χ3n) is 8.31. The third-order valence-corrected chi connectivity index (χ3v) is 11.0. The number of nitrogens with one attached hydrogen (secondary N) is 1. The first-order valence-electron chi connectivity index (χ1n) is 17.5. The van der Waals surface area contributed by atoms with Crippen LogP contribution in [0.15, 0.2) is 34.6 Å². The van der Waals surface area contributed by atoms with Crippen molar-refractivity contribution in [3.63, 3.8) is 0 Å². The fourth-order valence-electron chi connectivity index (χ4n) is 6.14. The number of hydrogen-bond donors (Lipinski definition) is 4. The molecule has 3 aromatic rings. The number of halogens is 2. The third kappa shape index (κ3) is 9.75. The number of aromatic nitrogens is 7. The van der Waals surface area contributed by atoms with Crippen LogP contribution < -0.4 is 11.1 Å². The highest BCUT2D eigenvalue weighted by molar-refractivity contribution is 7.99. The fraction of sp³-hybridized carbons (Fsp3) is 0.618. The zero-order valence-electron chi connectivity index (χ0n) is 31.0. The smallest absolute Gasteiger partial charge is 0.191 e. The van der Waals surface area contributed by atoms with Gasteiger partial charge in [0.05, 0.1) is 12.1 Å². The lowest BCUT2D eigenvalue weighted by Crippen LogP contribution is -2.47. The van der Waals surface area contributed by atoms with Crippen molar-refractivity contribution in [2.45, 2.75) is 132 Å². The van der Waals surface area contributed by atoms with Crippen molar-refractivity contribution in [2.24, 2.45) is 0 Å². The molecule has 2 aliphatic heterocycles. The maximum Gasteiger partial charge on any atom is 0.191 e. The molecule has 2 saturated heterocycles. The number of ether oxygens (including phenoxy) is 4. The summed E-state index contributed by atoms with van der Waals surface area (Å²) >= 11 is 15.5. The van der Waals surface area contributed by atoms with E-state index in [0.717, 1.165) is 24.3 Å². The average Bonchev–Trinajstić information content (AvgIpc) is 3.79. The van der Waals surface area contributed by atoms with Gasteiger partial charge < -0.3 is 40.2 Å². The van der Waals surface area contributed by atoms with Gasteiger partial charge in [-0.1, -0.05) is 90.1 Å². The van der Waals surface area contributed by atoms with Crippen LogP contribution in [-0.2, 0) is 18.9 Å². The van der Waals surface area contributed by atoms with Crippen molar-refractivity contribution in [2.75, 3.05) is 22.6 Å². The van der Waals surface area contributed by atoms with Gasteiger partial charge in [-0.15, -0.1) is 5.10 Å². The van der Waals surface area contributed by atoms with Gasteiger partial charge in [-0.3, -0.25) is 0 Å². The first kappa shape index (κ1) is 42.3. The number of hydrogen-bond acceptors (Lipinski definition) is 17. The van der Waals surface area contributed by atoms with E-state index in [4.69, 9.17) is 53.1 Å². The Bertz CT molecular complexity index is 1880. The molecular formula is C34H46Cl2N10O6S2. The van der Waals surface area contributed by atoms with Crippen LogP contribution in [0.5, 0.6) is 0 Å². The molecule has 0 radical (unpaired) electrons. The van der Waals surface area contributed by atoms with E-state index < -0.39 is 42.1 Å². The van der Waals surface area contributed by atoms with E-state index in [1.54, 1.807) is 22.9 Å². The van der Waals surface area contributed by atoms with E-state index in [1.165, 1.54) is 30.4 Å². The minimum atomic E-state index is -0.786. The van der Waals surface area contributed by atoms with E-state index in [2.05, 4.69) is 49.4 Å². The average molecular weight is 826 g/mol. The van der Waals surface area contributed by atoms with Gasteiger partial charge in [-0.25, -0.2) is 24.6 Å². The molecule has 0 saturated carbocycles. The molecule has 0 bridgehead atoms. The second-order valence-corrected chi connectivity index (χ2v) is 16.4. The standard InChI is InChI=1S/C16H20ClN5O3S.C16H23ClN4O3S.C2H3N/c1-4-7-26-15-18-13(17)10-14(19-15)22(21-20-10)8-5-6-9(23)12-11(8)24-16(2,3)25-12;1-4-7-25-15-20-13(17)10(18)14(21-15)19-8-5-6-9(22)12-11(8)23-16(2,3)24-12;1-2-3/h5-6,8-9,11-12,23H,4,7H2,1-3H3;5-6,8-9,11-12,22H,4,7,18H2,1-3H3,(H,19,20,21);1H3/t2*8-,9+,11+,12-;/m11./s1.